The van der Waals surface area contributed by atoms with Gasteiger partial charge in [0.25, 0.3) is 0 Å². The molecule has 0 aromatic carbocycles. The average Bonchev–Trinajstić information content (AvgIpc) is 2.01. The van der Waals surface area contributed by atoms with Crippen molar-refractivity contribution < 1.29 is 13.2 Å². The standard InChI is InChI=1S/C7H15N3O3S2/c1-3-9-7(11)4-10(2)15(12,13)5-6(8)14/h3-5H2,1-2H3,(H2,8,14)(H,9,11). The molecule has 0 atom stereocenters. The highest BCUT2D eigenvalue weighted by Gasteiger charge is 2.20. The van der Waals surface area contributed by atoms with E-state index in [-0.39, 0.29) is 17.4 Å². The van der Waals surface area contributed by atoms with Crippen LogP contribution in [0.15, 0.2) is 0 Å². The van der Waals surface area contributed by atoms with Crippen LogP contribution in [-0.4, -0.2) is 49.5 Å². The first-order valence-corrected chi connectivity index (χ1v) is 6.30. The van der Waals surface area contributed by atoms with Gasteiger partial charge in [0, 0.05) is 13.6 Å². The van der Waals surface area contributed by atoms with E-state index >= 15 is 0 Å². The monoisotopic (exact) mass is 253 g/mol. The van der Waals surface area contributed by atoms with Gasteiger partial charge < -0.3 is 11.1 Å². The molecule has 88 valence electrons. The summed E-state index contributed by atoms with van der Waals surface area (Å²) in [6.07, 6.45) is 0. The van der Waals surface area contributed by atoms with Crippen molar-refractivity contribution in [1.29, 1.82) is 0 Å². The molecule has 0 aliphatic rings. The number of nitrogens with zero attached hydrogens (tertiary/aromatic N) is 1. The van der Waals surface area contributed by atoms with Gasteiger partial charge in [-0.1, -0.05) is 12.2 Å². The molecule has 0 unspecified atom stereocenters. The molecule has 0 heterocycles. The number of rotatable bonds is 6. The van der Waals surface area contributed by atoms with E-state index in [9.17, 15) is 13.2 Å². The van der Waals surface area contributed by atoms with Crippen molar-refractivity contribution in [3.8, 4) is 0 Å². The predicted molar refractivity (Wildman–Crippen MR) is 61.9 cm³/mol. The van der Waals surface area contributed by atoms with Crippen LogP contribution in [0.1, 0.15) is 6.92 Å². The van der Waals surface area contributed by atoms with Crippen LogP contribution in [-0.2, 0) is 14.8 Å². The first-order valence-electron chi connectivity index (χ1n) is 4.28. The fourth-order valence-electron chi connectivity index (χ4n) is 0.844. The Labute approximate surface area is 94.9 Å². The molecule has 0 fully saturated rings. The third kappa shape index (κ3) is 5.65. The maximum absolute atomic E-state index is 11.5. The van der Waals surface area contributed by atoms with Crippen molar-refractivity contribution in [3.05, 3.63) is 0 Å². The smallest absolute Gasteiger partial charge is 0.235 e. The molecule has 0 saturated carbocycles. The number of carbonyl (C=O) groups is 1. The summed E-state index contributed by atoms with van der Waals surface area (Å²) >= 11 is 4.50. The van der Waals surface area contributed by atoms with E-state index in [2.05, 4.69) is 17.5 Å². The number of carbonyl (C=O) groups excluding carboxylic acids is 1. The van der Waals surface area contributed by atoms with Crippen molar-refractivity contribution in [3.63, 3.8) is 0 Å². The third-order valence-electron chi connectivity index (χ3n) is 1.54. The summed E-state index contributed by atoms with van der Waals surface area (Å²) in [6.45, 7) is 1.99. The molecule has 0 aromatic heterocycles. The first-order chi connectivity index (χ1) is 6.79. The van der Waals surface area contributed by atoms with Gasteiger partial charge >= 0.3 is 0 Å². The Morgan fingerprint density at radius 1 is 1.53 bits per heavy atom. The molecule has 0 aromatic rings. The lowest BCUT2D eigenvalue weighted by Gasteiger charge is -2.15. The highest BCUT2D eigenvalue weighted by atomic mass is 32.2. The van der Waals surface area contributed by atoms with Gasteiger partial charge in [-0.2, -0.15) is 4.31 Å². The second-order valence-corrected chi connectivity index (χ2v) is 5.53. The van der Waals surface area contributed by atoms with Gasteiger partial charge in [0.2, 0.25) is 15.9 Å². The molecule has 0 aliphatic carbocycles. The Kier molecular flexibility index (Phi) is 5.69. The largest absolute Gasteiger partial charge is 0.392 e. The zero-order valence-electron chi connectivity index (χ0n) is 8.69. The van der Waals surface area contributed by atoms with Gasteiger partial charge in [0.15, 0.2) is 0 Å². The molecule has 15 heavy (non-hydrogen) atoms. The number of likely N-dealkylation sites (N-methyl/N-ethyl adjacent to an activating group) is 2. The Morgan fingerprint density at radius 2 is 2.07 bits per heavy atom. The number of thiocarbonyl (C=S) groups is 1. The minimum absolute atomic E-state index is 0.113. The zero-order chi connectivity index (χ0) is 12.1. The Bertz CT molecular complexity index is 339. The molecular formula is C7H15N3O3S2. The Balaban J connectivity index is 4.38. The molecule has 0 aliphatic heterocycles. The molecule has 0 rings (SSSR count). The van der Waals surface area contributed by atoms with Crippen molar-refractivity contribution in [2.75, 3.05) is 25.9 Å². The molecule has 1 amide bonds. The van der Waals surface area contributed by atoms with Crippen molar-refractivity contribution in [1.82, 2.24) is 9.62 Å². The fraction of sp³-hybridized carbons (Fsp3) is 0.714. The van der Waals surface area contributed by atoms with E-state index in [1.54, 1.807) is 6.92 Å². The Morgan fingerprint density at radius 3 is 2.47 bits per heavy atom. The lowest BCUT2D eigenvalue weighted by atomic mass is 10.5. The number of amides is 1. The van der Waals surface area contributed by atoms with Gasteiger partial charge in [-0.15, -0.1) is 0 Å². The second kappa shape index (κ2) is 5.99. The average molecular weight is 253 g/mol. The van der Waals surface area contributed by atoms with Crippen LogP contribution in [0.2, 0.25) is 0 Å². The molecule has 0 spiro atoms. The summed E-state index contributed by atoms with van der Waals surface area (Å²) in [5.74, 6) is -0.773. The van der Waals surface area contributed by atoms with E-state index in [1.165, 1.54) is 7.05 Å². The Hall–Kier alpha value is -0.730. The van der Waals surface area contributed by atoms with Gasteiger partial charge in [-0.05, 0) is 6.92 Å². The van der Waals surface area contributed by atoms with Crippen LogP contribution in [0.25, 0.3) is 0 Å². The molecular weight excluding hydrogens is 238 g/mol. The van der Waals surface area contributed by atoms with E-state index in [0.29, 0.717) is 6.54 Å². The van der Waals surface area contributed by atoms with Crippen LogP contribution in [0, 0.1) is 0 Å². The van der Waals surface area contributed by atoms with Crippen LogP contribution >= 0.6 is 12.2 Å². The zero-order valence-corrected chi connectivity index (χ0v) is 10.3. The number of sulfonamides is 1. The SMILES string of the molecule is CCNC(=O)CN(C)S(=O)(=O)CC(N)=S. The van der Waals surface area contributed by atoms with Crippen LogP contribution in [0.3, 0.4) is 0 Å². The highest BCUT2D eigenvalue weighted by molar-refractivity contribution is 7.92. The predicted octanol–water partition coefficient (Wildman–Crippen LogP) is -1.33. The van der Waals surface area contributed by atoms with Crippen LogP contribution < -0.4 is 11.1 Å². The molecule has 0 bridgehead atoms. The van der Waals surface area contributed by atoms with E-state index in [1.807, 2.05) is 0 Å². The van der Waals surface area contributed by atoms with Gasteiger partial charge in [-0.3, -0.25) is 4.79 Å². The summed E-state index contributed by atoms with van der Waals surface area (Å²) in [4.78, 5) is 11.0. The van der Waals surface area contributed by atoms with Crippen LogP contribution in [0.4, 0.5) is 0 Å². The molecule has 6 nitrogen and oxygen atoms in total. The topological polar surface area (TPSA) is 92.5 Å². The van der Waals surface area contributed by atoms with Crippen molar-refractivity contribution in [2.24, 2.45) is 5.73 Å². The summed E-state index contributed by atoms with van der Waals surface area (Å²) in [5.41, 5.74) is 5.13. The number of hydrogen-bond donors (Lipinski definition) is 2. The van der Waals surface area contributed by atoms with Gasteiger partial charge in [0.1, 0.15) is 5.75 Å². The highest BCUT2D eigenvalue weighted by Crippen LogP contribution is 1.97. The maximum atomic E-state index is 11.5. The quantitative estimate of drug-likeness (QED) is 0.572. The first kappa shape index (κ1) is 14.3. The van der Waals surface area contributed by atoms with E-state index < -0.39 is 15.8 Å². The third-order valence-corrected chi connectivity index (χ3v) is 3.62. The van der Waals surface area contributed by atoms with Crippen molar-refractivity contribution >= 4 is 33.1 Å². The van der Waals surface area contributed by atoms with E-state index in [0.717, 1.165) is 4.31 Å². The van der Waals surface area contributed by atoms with Crippen LogP contribution in [0.5, 0.6) is 0 Å². The van der Waals surface area contributed by atoms with E-state index in [4.69, 9.17) is 5.73 Å². The summed E-state index contributed by atoms with van der Waals surface area (Å²) in [7, 11) is -2.26. The molecule has 3 N–H and O–H groups in total. The molecule has 0 saturated heterocycles. The second-order valence-electron chi connectivity index (χ2n) is 2.93. The van der Waals surface area contributed by atoms with Gasteiger partial charge in [-0.25, -0.2) is 8.42 Å². The molecule has 8 heteroatoms. The summed E-state index contributed by atoms with van der Waals surface area (Å²) in [6, 6.07) is 0. The number of nitrogens with two attached hydrogens (primary N) is 1. The minimum Gasteiger partial charge on any atom is -0.392 e. The number of nitrogens with one attached hydrogen (secondary N) is 1. The van der Waals surface area contributed by atoms with Crippen molar-refractivity contribution in [2.45, 2.75) is 6.92 Å². The minimum atomic E-state index is -3.57. The fourth-order valence-corrected chi connectivity index (χ4v) is 2.18. The normalized spacial score (nSPS) is 11.4. The molecule has 0 radical (unpaired) electrons. The van der Waals surface area contributed by atoms with Gasteiger partial charge in [0.05, 0.1) is 11.5 Å². The summed E-state index contributed by atoms with van der Waals surface area (Å²) < 4.78 is 23.8. The lowest BCUT2D eigenvalue weighted by molar-refractivity contribution is -0.121. The lowest BCUT2D eigenvalue weighted by Crippen LogP contribution is -2.41. The summed E-state index contributed by atoms with van der Waals surface area (Å²) in [5, 5.41) is 2.49. The maximum Gasteiger partial charge on any atom is 0.235 e. The number of hydrogen-bond acceptors (Lipinski definition) is 4.